The van der Waals surface area contributed by atoms with Gasteiger partial charge in [0.1, 0.15) is 11.6 Å². The SMILES string of the molecule is CCc1noc(COc2ccc(F)c(C)c2)n1. The molecule has 0 atom stereocenters. The molecule has 0 N–H and O–H groups in total. The molecule has 90 valence electrons. The van der Waals surface area contributed by atoms with Gasteiger partial charge in [0.15, 0.2) is 12.4 Å². The van der Waals surface area contributed by atoms with Crippen LogP contribution in [0.5, 0.6) is 5.75 Å². The molecule has 0 unspecified atom stereocenters. The van der Waals surface area contributed by atoms with E-state index in [0.717, 1.165) is 6.42 Å². The minimum absolute atomic E-state index is 0.193. The Morgan fingerprint density at radius 1 is 1.41 bits per heavy atom. The maximum atomic E-state index is 13.0. The summed E-state index contributed by atoms with van der Waals surface area (Å²) < 4.78 is 23.4. The van der Waals surface area contributed by atoms with Gasteiger partial charge in [0.05, 0.1) is 0 Å². The zero-order chi connectivity index (χ0) is 12.3. The molecule has 0 bridgehead atoms. The predicted octanol–water partition coefficient (Wildman–Crippen LogP) is 2.66. The number of rotatable bonds is 4. The van der Waals surface area contributed by atoms with Crippen LogP contribution in [0.1, 0.15) is 24.2 Å². The van der Waals surface area contributed by atoms with Crippen LogP contribution in [0.25, 0.3) is 0 Å². The summed E-state index contributed by atoms with van der Waals surface area (Å²) in [7, 11) is 0. The van der Waals surface area contributed by atoms with Crippen molar-refractivity contribution in [1.29, 1.82) is 0 Å². The van der Waals surface area contributed by atoms with Crippen LogP contribution in [0.2, 0.25) is 0 Å². The van der Waals surface area contributed by atoms with Gasteiger partial charge in [-0.25, -0.2) is 4.39 Å². The molecule has 17 heavy (non-hydrogen) atoms. The molecule has 4 nitrogen and oxygen atoms in total. The fourth-order valence-electron chi connectivity index (χ4n) is 1.34. The lowest BCUT2D eigenvalue weighted by atomic mass is 10.2. The Labute approximate surface area is 98.4 Å². The van der Waals surface area contributed by atoms with Gasteiger partial charge < -0.3 is 9.26 Å². The molecule has 1 aromatic heterocycles. The van der Waals surface area contributed by atoms with Crippen molar-refractivity contribution in [2.75, 3.05) is 0 Å². The lowest BCUT2D eigenvalue weighted by molar-refractivity contribution is 0.242. The number of benzene rings is 1. The number of hydrogen-bond acceptors (Lipinski definition) is 4. The third kappa shape index (κ3) is 2.81. The minimum Gasteiger partial charge on any atom is -0.484 e. The van der Waals surface area contributed by atoms with Gasteiger partial charge in [-0.15, -0.1) is 0 Å². The Balaban J connectivity index is 1.99. The first-order valence-corrected chi connectivity index (χ1v) is 5.39. The maximum absolute atomic E-state index is 13.0. The first-order chi connectivity index (χ1) is 8.19. The molecule has 0 saturated heterocycles. The van der Waals surface area contributed by atoms with E-state index < -0.39 is 0 Å². The van der Waals surface area contributed by atoms with Crippen LogP contribution < -0.4 is 4.74 Å². The van der Waals surface area contributed by atoms with Crippen molar-refractivity contribution >= 4 is 0 Å². The molecule has 1 aromatic carbocycles. The quantitative estimate of drug-likeness (QED) is 0.818. The molecule has 0 radical (unpaired) electrons. The summed E-state index contributed by atoms with van der Waals surface area (Å²) in [6, 6.07) is 4.57. The second-order valence-electron chi connectivity index (χ2n) is 3.66. The molecule has 5 heteroatoms. The zero-order valence-corrected chi connectivity index (χ0v) is 9.74. The monoisotopic (exact) mass is 236 g/mol. The molecule has 2 rings (SSSR count). The van der Waals surface area contributed by atoms with Crippen LogP contribution in [-0.2, 0) is 13.0 Å². The molecule has 2 aromatic rings. The van der Waals surface area contributed by atoms with Crippen molar-refractivity contribution in [2.45, 2.75) is 26.9 Å². The van der Waals surface area contributed by atoms with Crippen LogP contribution in [0.15, 0.2) is 22.7 Å². The van der Waals surface area contributed by atoms with E-state index in [1.165, 1.54) is 6.07 Å². The molecular weight excluding hydrogens is 223 g/mol. The van der Waals surface area contributed by atoms with Crippen LogP contribution >= 0.6 is 0 Å². The summed E-state index contributed by atoms with van der Waals surface area (Å²) in [5.74, 6) is 1.41. The van der Waals surface area contributed by atoms with E-state index in [1.54, 1.807) is 19.1 Å². The van der Waals surface area contributed by atoms with Gasteiger partial charge in [-0.2, -0.15) is 4.98 Å². The van der Waals surface area contributed by atoms with Crippen LogP contribution in [0, 0.1) is 12.7 Å². The van der Waals surface area contributed by atoms with Crippen molar-refractivity contribution in [1.82, 2.24) is 10.1 Å². The summed E-state index contributed by atoms with van der Waals surface area (Å²) in [5.41, 5.74) is 0.544. The van der Waals surface area contributed by atoms with E-state index >= 15 is 0 Å². The van der Waals surface area contributed by atoms with E-state index in [-0.39, 0.29) is 12.4 Å². The second-order valence-corrected chi connectivity index (χ2v) is 3.66. The lowest BCUT2D eigenvalue weighted by Crippen LogP contribution is -1.97. The Kier molecular flexibility index (Phi) is 3.37. The third-order valence-corrected chi connectivity index (χ3v) is 2.32. The number of ether oxygens (including phenoxy) is 1. The summed E-state index contributed by atoms with van der Waals surface area (Å²) in [4.78, 5) is 4.11. The van der Waals surface area contributed by atoms with Crippen molar-refractivity contribution in [2.24, 2.45) is 0 Å². The first kappa shape index (κ1) is 11.6. The van der Waals surface area contributed by atoms with Crippen LogP contribution in [-0.4, -0.2) is 10.1 Å². The third-order valence-electron chi connectivity index (χ3n) is 2.32. The number of halogens is 1. The van der Waals surface area contributed by atoms with E-state index in [2.05, 4.69) is 10.1 Å². The van der Waals surface area contributed by atoms with E-state index in [1.807, 2.05) is 6.92 Å². The highest BCUT2D eigenvalue weighted by Crippen LogP contribution is 2.17. The van der Waals surface area contributed by atoms with Crippen molar-refractivity contribution in [3.63, 3.8) is 0 Å². The first-order valence-electron chi connectivity index (χ1n) is 5.39. The molecular formula is C12H13FN2O2. The second kappa shape index (κ2) is 4.95. The number of nitrogens with zero attached hydrogens (tertiary/aromatic N) is 2. The molecule has 0 aliphatic carbocycles. The summed E-state index contributed by atoms with van der Waals surface area (Å²) >= 11 is 0. The number of aromatic nitrogens is 2. The van der Waals surface area contributed by atoms with Crippen molar-refractivity contribution < 1.29 is 13.7 Å². The van der Waals surface area contributed by atoms with Crippen molar-refractivity contribution in [3.8, 4) is 5.75 Å². The highest BCUT2D eigenvalue weighted by atomic mass is 19.1. The van der Waals surface area contributed by atoms with Crippen LogP contribution in [0.4, 0.5) is 4.39 Å². The molecule has 1 heterocycles. The topological polar surface area (TPSA) is 48.2 Å². The fourth-order valence-corrected chi connectivity index (χ4v) is 1.34. The Bertz CT molecular complexity index is 511. The normalized spacial score (nSPS) is 10.5. The summed E-state index contributed by atoms with van der Waals surface area (Å²) in [5, 5.41) is 3.75. The van der Waals surface area contributed by atoms with Gasteiger partial charge in [-0.05, 0) is 30.7 Å². The van der Waals surface area contributed by atoms with Gasteiger partial charge in [-0.1, -0.05) is 12.1 Å². The maximum Gasteiger partial charge on any atom is 0.264 e. The van der Waals surface area contributed by atoms with Crippen molar-refractivity contribution in [3.05, 3.63) is 41.3 Å². The summed E-state index contributed by atoms with van der Waals surface area (Å²) in [6.07, 6.45) is 0.721. The average Bonchev–Trinajstić information content (AvgIpc) is 2.79. The molecule has 0 saturated carbocycles. The number of aryl methyl sites for hydroxylation is 2. The largest absolute Gasteiger partial charge is 0.484 e. The van der Waals surface area contributed by atoms with Crippen LogP contribution in [0.3, 0.4) is 0 Å². The number of hydrogen-bond donors (Lipinski definition) is 0. The molecule has 0 fully saturated rings. The van der Waals surface area contributed by atoms with E-state index in [4.69, 9.17) is 9.26 Å². The standard InChI is InChI=1S/C12H13FN2O2/c1-3-11-14-12(17-15-11)7-16-9-4-5-10(13)8(2)6-9/h4-6H,3,7H2,1-2H3. The van der Waals surface area contributed by atoms with Gasteiger partial charge in [0.25, 0.3) is 5.89 Å². The smallest absolute Gasteiger partial charge is 0.264 e. The highest BCUT2D eigenvalue weighted by Gasteiger charge is 2.06. The van der Waals surface area contributed by atoms with Gasteiger partial charge in [-0.3, -0.25) is 0 Å². The van der Waals surface area contributed by atoms with E-state index in [0.29, 0.717) is 23.0 Å². The lowest BCUT2D eigenvalue weighted by Gasteiger charge is -2.04. The zero-order valence-electron chi connectivity index (χ0n) is 9.74. The Morgan fingerprint density at radius 2 is 2.24 bits per heavy atom. The van der Waals surface area contributed by atoms with Gasteiger partial charge >= 0.3 is 0 Å². The Morgan fingerprint density at radius 3 is 2.88 bits per heavy atom. The van der Waals surface area contributed by atoms with E-state index in [9.17, 15) is 4.39 Å². The molecule has 0 spiro atoms. The molecule has 0 aliphatic heterocycles. The molecule has 0 amide bonds. The molecule has 0 aliphatic rings. The predicted molar refractivity (Wildman–Crippen MR) is 59.1 cm³/mol. The Hall–Kier alpha value is -1.91. The average molecular weight is 236 g/mol. The van der Waals surface area contributed by atoms with Gasteiger partial charge in [0.2, 0.25) is 0 Å². The highest BCUT2D eigenvalue weighted by molar-refractivity contribution is 5.28. The fraction of sp³-hybridized carbons (Fsp3) is 0.333. The summed E-state index contributed by atoms with van der Waals surface area (Å²) in [6.45, 7) is 3.82. The van der Waals surface area contributed by atoms with Gasteiger partial charge in [0, 0.05) is 6.42 Å². The minimum atomic E-state index is -0.247.